The Balaban J connectivity index is 1.83. The number of rotatable bonds is 2. The van der Waals surface area contributed by atoms with E-state index in [1.807, 2.05) is 13.8 Å². The third-order valence-corrected chi connectivity index (χ3v) is 6.26. The van der Waals surface area contributed by atoms with Gasteiger partial charge in [0, 0.05) is 24.3 Å². The molecular formula is C25H25N5. The van der Waals surface area contributed by atoms with Gasteiger partial charge in [-0.15, -0.1) is 0 Å². The van der Waals surface area contributed by atoms with Crippen molar-refractivity contribution in [2.45, 2.75) is 40.0 Å². The van der Waals surface area contributed by atoms with Crippen molar-refractivity contribution in [3.05, 3.63) is 57.3 Å². The fourth-order valence-electron chi connectivity index (χ4n) is 4.52. The van der Waals surface area contributed by atoms with Gasteiger partial charge in [0.05, 0.1) is 16.8 Å². The van der Waals surface area contributed by atoms with Crippen molar-refractivity contribution in [2.75, 3.05) is 23.7 Å². The maximum absolute atomic E-state index is 9.72. The molecule has 0 radical (unpaired) electrons. The van der Waals surface area contributed by atoms with Crippen LogP contribution in [0.4, 0.5) is 11.5 Å². The molecular weight excluding hydrogens is 370 g/mol. The first kappa shape index (κ1) is 19.7. The number of aryl methyl sites for hydroxylation is 1. The molecule has 2 heterocycles. The van der Waals surface area contributed by atoms with Gasteiger partial charge >= 0.3 is 0 Å². The molecule has 5 heteroatoms. The molecule has 0 spiro atoms. The maximum Gasteiger partial charge on any atom is 0.142 e. The summed E-state index contributed by atoms with van der Waals surface area (Å²) in [5, 5.41) is 19.2. The van der Waals surface area contributed by atoms with E-state index in [0.29, 0.717) is 16.8 Å². The Hall–Kier alpha value is -3.57. The standard InChI is InChI=1S/C25H25N5/c1-15-11-19(30-9-5-4-6-10-30)8-7-18(15)12-20-16(2)21(13-26)24-23(20)17(3)22(14-27)25(28)29-24/h7-8,11-12H,4-6,9-10H2,1-3H3,(H2,28,29). The van der Waals surface area contributed by atoms with Crippen LogP contribution >= 0.6 is 0 Å². The van der Waals surface area contributed by atoms with Gasteiger partial charge in [-0.2, -0.15) is 10.5 Å². The highest BCUT2D eigenvalue weighted by Gasteiger charge is 2.29. The molecule has 4 rings (SSSR count). The lowest BCUT2D eigenvalue weighted by Gasteiger charge is -2.29. The molecule has 1 aromatic heterocycles. The highest BCUT2D eigenvalue weighted by Crippen LogP contribution is 2.44. The van der Waals surface area contributed by atoms with E-state index in [-0.39, 0.29) is 5.82 Å². The summed E-state index contributed by atoms with van der Waals surface area (Å²) in [4.78, 5) is 6.86. The average Bonchev–Trinajstić information content (AvgIpc) is 3.01. The number of fused-ring (bicyclic) bond motifs is 1. The normalized spacial score (nSPS) is 17.1. The number of allylic oxidation sites excluding steroid dienone is 3. The molecule has 2 aromatic rings. The minimum Gasteiger partial charge on any atom is -0.383 e. The summed E-state index contributed by atoms with van der Waals surface area (Å²) in [6.07, 6.45) is 5.92. The monoisotopic (exact) mass is 395 g/mol. The number of piperidine rings is 1. The van der Waals surface area contributed by atoms with E-state index in [1.54, 1.807) is 0 Å². The van der Waals surface area contributed by atoms with Crippen molar-refractivity contribution < 1.29 is 0 Å². The molecule has 0 atom stereocenters. The van der Waals surface area contributed by atoms with Gasteiger partial charge in [0.1, 0.15) is 18.0 Å². The van der Waals surface area contributed by atoms with Crippen LogP contribution in [0.15, 0.2) is 23.8 Å². The minimum atomic E-state index is 0.178. The minimum absolute atomic E-state index is 0.178. The van der Waals surface area contributed by atoms with Crippen molar-refractivity contribution in [3.63, 3.8) is 0 Å². The first-order chi connectivity index (χ1) is 14.5. The highest BCUT2D eigenvalue weighted by molar-refractivity contribution is 6.08. The second-order valence-corrected chi connectivity index (χ2v) is 8.09. The van der Waals surface area contributed by atoms with Crippen molar-refractivity contribution in [2.24, 2.45) is 0 Å². The lowest BCUT2D eigenvalue weighted by molar-refractivity contribution is 0.578. The molecule has 150 valence electrons. The van der Waals surface area contributed by atoms with Crippen LogP contribution in [-0.2, 0) is 0 Å². The molecule has 2 aliphatic rings. The van der Waals surface area contributed by atoms with E-state index in [2.05, 4.69) is 53.2 Å². The van der Waals surface area contributed by atoms with Crippen LogP contribution in [0.3, 0.4) is 0 Å². The number of pyridine rings is 1. The molecule has 1 fully saturated rings. The van der Waals surface area contributed by atoms with Crippen LogP contribution in [-0.4, -0.2) is 18.1 Å². The van der Waals surface area contributed by atoms with Gasteiger partial charge in [0.15, 0.2) is 0 Å². The molecule has 2 N–H and O–H groups in total. The number of nitriles is 2. The number of nitrogen functional groups attached to an aromatic ring is 1. The van der Waals surface area contributed by atoms with E-state index >= 15 is 0 Å². The number of hydrogen-bond acceptors (Lipinski definition) is 5. The maximum atomic E-state index is 9.72. The topological polar surface area (TPSA) is 89.7 Å². The van der Waals surface area contributed by atoms with Crippen LogP contribution < -0.4 is 10.6 Å². The summed E-state index contributed by atoms with van der Waals surface area (Å²) in [5.74, 6) is 0.178. The Labute approximate surface area is 177 Å². The van der Waals surface area contributed by atoms with Crippen molar-refractivity contribution in [1.29, 1.82) is 10.5 Å². The molecule has 1 saturated heterocycles. The van der Waals surface area contributed by atoms with Crippen LogP contribution in [0.5, 0.6) is 0 Å². The zero-order chi connectivity index (χ0) is 21.4. The van der Waals surface area contributed by atoms with Gasteiger partial charge in [-0.25, -0.2) is 4.98 Å². The fourth-order valence-corrected chi connectivity index (χ4v) is 4.52. The van der Waals surface area contributed by atoms with Crippen molar-refractivity contribution in [1.82, 2.24) is 4.98 Å². The van der Waals surface area contributed by atoms with Gasteiger partial charge in [-0.1, -0.05) is 6.07 Å². The average molecular weight is 396 g/mol. The predicted molar refractivity (Wildman–Crippen MR) is 121 cm³/mol. The lowest BCUT2D eigenvalue weighted by Crippen LogP contribution is -2.29. The molecule has 0 amide bonds. The van der Waals surface area contributed by atoms with Crippen LogP contribution in [0, 0.1) is 36.5 Å². The van der Waals surface area contributed by atoms with Crippen LogP contribution in [0.2, 0.25) is 0 Å². The van der Waals surface area contributed by atoms with Gasteiger partial charge in [0.2, 0.25) is 0 Å². The molecule has 1 aliphatic heterocycles. The highest BCUT2D eigenvalue weighted by atomic mass is 15.1. The molecule has 0 unspecified atom stereocenters. The summed E-state index contributed by atoms with van der Waals surface area (Å²) in [6, 6.07) is 11.0. The number of nitrogens with two attached hydrogens (primary N) is 1. The fraction of sp³-hybridized carbons (Fsp3) is 0.320. The SMILES string of the molecule is CC1=C(C#N)c2nc(N)c(C#N)c(C)c2C1=Cc1ccc(N2CCCCC2)cc1C. The third kappa shape index (κ3) is 3.13. The Kier molecular flexibility index (Phi) is 5.06. The Bertz CT molecular complexity index is 1180. The molecule has 0 saturated carbocycles. The summed E-state index contributed by atoms with van der Waals surface area (Å²) in [5.41, 5.74) is 14.5. The largest absolute Gasteiger partial charge is 0.383 e. The van der Waals surface area contributed by atoms with Crippen molar-refractivity contribution in [3.8, 4) is 12.1 Å². The Morgan fingerprint density at radius 2 is 1.80 bits per heavy atom. The summed E-state index contributed by atoms with van der Waals surface area (Å²) < 4.78 is 0. The quantitative estimate of drug-likeness (QED) is 0.773. The number of nitrogens with zero attached hydrogens (tertiary/aromatic N) is 4. The Morgan fingerprint density at radius 3 is 2.43 bits per heavy atom. The van der Waals surface area contributed by atoms with Gasteiger partial charge in [0.25, 0.3) is 0 Å². The zero-order valence-electron chi connectivity index (χ0n) is 17.7. The summed E-state index contributed by atoms with van der Waals surface area (Å²) in [6.45, 7) is 8.16. The molecule has 30 heavy (non-hydrogen) atoms. The van der Waals surface area contributed by atoms with Gasteiger partial charge in [-0.3, -0.25) is 0 Å². The molecule has 1 aliphatic carbocycles. The predicted octanol–water partition coefficient (Wildman–Crippen LogP) is 4.99. The van der Waals surface area contributed by atoms with Gasteiger partial charge in [-0.05, 0) is 86.1 Å². The first-order valence-electron chi connectivity index (χ1n) is 10.4. The molecule has 0 bridgehead atoms. The first-order valence-corrected chi connectivity index (χ1v) is 10.4. The van der Waals surface area contributed by atoms with Gasteiger partial charge < -0.3 is 10.6 Å². The zero-order valence-corrected chi connectivity index (χ0v) is 17.7. The van der Waals surface area contributed by atoms with E-state index in [0.717, 1.165) is 40.9 Å². The summed E-state index contributed by atoms with van der Waals surface area (Å²) >= 11 is 0. The van der Waals surface area contributed by atoms with E-state index in [4.69, 9.17) is 5.73 Å². The molecule has 5 nitrogen and oxygen atoms in total. The van der Waals surface area contributed by atoms with Crippen molar-refractivity contribution >= 4 is 28.7 Å². The number of hydrogen-bond donors (Lipinski definition) is 1. The third-order valence-electron chi connectivity index (χ3n) is 6.26. The van der Waals surface area contributed by atoms with Crippen LogP contribution in [0.1, 0.15) is 59.7 Å². The number of benzene rings is 1. The van der Waals surface area contributed by atoms with Crippen LogP contribution in [0.25, 0.3) is 17.2 Å². The second-order valence-electron chi connectivity index (χ2n) is 8.09. The second kappa shape index (κ2) is 7.69. The van der Waals surface area contributed by atoms with E-state index in [1.165, 1.54) is 30.5 Å². The van der Waals surface area contributed by atoms with E-state index < -0.39 is 0 Å². The lowest BCUT2D eigenvalue weighted by atomic mass is 9.94. The Morgan fingerprint density at radius 1 is 1.07 bits per heavy atom. The summed E-state index contributed by atoms with van der Waals surface area (Å²) in [7, 11) is 0. The smallest absolute Gasteiger partial charge is 0.142 e. The van der Waals surface area contributed by atoms with E-state index in [9.17, 15) is 10.5 Å². The molecule has 1 aromatic carbocycles. The number of aromatic nitrogens is 1. The number of anilines is 2.